The zero-order valence-electron chi connectivity index (χ0n) is 12.4. The first-order valence-electron chi connectivity index (χ1n) is 6.94. The number of hydrogen-bond donors (Lipinski definition) is 3. The number of aryl methyl sites for hydroxylation is 1. The lowest BCUT2D eigenvalue weighted by molar-refractivity contribution is 0.315. The Hall–Kier alpha value is -2.34. The first-order chi connectivity index (χ1) is 10.2. The fraction of sp³-hybridized carbons (Fsp3) is 0.333. The third-order valence-corrected chi connectivity index (χ3v) is 3.02. The summed E-state index contributed by atoms with van der Waals surface area (Å²) >= 11 is 0. The summed E-state index contributed by atoms with van der Waals surface area (Å²) in [7, 11) is 0. The minimum atomic E-state index is 0.644. The van der Waals surface area contributed by atoms with Crippen LogP contribution in [0.1, 0.15) is 17.8 Å². The van der Waals surface area contributed by atoms with Crippen molar-refractivity contribution in [1.29, 1.82) is 0 Å². The molecule has 21 heavy (non-hydrogen) atoms. The molecule has 6 heteroatoms. The van der Waals surface area contributed by atoms with Gasteiger partial charge in [-0.2, -0.15) is 0 Å². The molecule has 0 saturated heterocycles. The molecule has 0 aliphatic heterocycles. The maximum absolute atomic E-state index is 5.64. The van der Waals surface area contributed by atoms with Crippen molar-refractivity contribution < 1.29 is 4.74 Å². The standard InChI is InChI=1S/C15H21N5O/c1-11-14(18-12(2)19-15(11)20-16)17-9-6-10-21-13-7-4-3-5-8-13/h3-5,7-8H,6,9-10,16H2,1-2H3,(H2,17,18,19,20). The summed E-state index contributed by atoms with van der Waals surface area (Å²) in [6.45, 7) is 5.19. The van der Waals surface area contributed by atoms with Gasteiger partial charge in [0.2, 0.25) is 0 Å². The van der Waals surface area contributed by atoms with E-state index >= 15 is 0 Å². The molecule has 1 heterocycles. The molecule has 4 N–H and O–H groups in total. The Balaban J connectivity index is 1.80. The second kappa shape index (κ2) is 7.44. The van der Waals surface area contributed by atoms with E-state index in [9.17, 15) is 0 Å². The number of para-hydroxylation sites is 1. The first-order valence-corrected chi connectivity index (χ1v) is 6.94. The van der Waals surface area contributed by atoms with Gasteiger partial charge in [0, 0.05) is 12.1 Å². The molecule has 0 atom stereocenters. The predicted molar refractivity (Wildman–Crippen MR) is 84.4 cm³/mol. The topological polar surface area (TPSA) is 85.1 Å². The van der Waals surface area contributed by atoms with Crippen LogP contribution in [0.25, 0.3) is 0 Å². The molecule has 0 radical (unpaired) electrons. The van der Waals surface area contributed by atoms with Crippen molar-refractivity contribution in [2.45, 2.75) is 20.3 Å². The monoisotopic (exact) mass is 287 g/mol. The van der Waals surface area contributed by atoms with Crippen LogP contribution in [-0.4, -0.2) is 23.1 Å². The number of anilines is 2. The van der Waals surface area contributed by atoms with E-state index in [-0.39, 0.29) is 0 Å². The number of nitrogens with two attached hydrogens (primary N) is 1. The SMILES string of the molecule is Cc1nc(NN)c(C)c(NCCCOc2ccccc2)n1. The molecular weight excluding hydrogens is 266 g/mol. The number of ether oxygens (including phenoxy) is 1. The molecule has 0 unspecified atom stereocenters. The van der Waals surface area contributed by atoms with Crippen LogP contribution in [0, 0.1) is 13.8 Å². The van der Waals surface area contributed by atoms with E-state index in [1.807, 2.05) is 44.2 Å². The highest BCUT2D eigenvalue weighted by Crippen LogP contribution is 2.18. The van der Waals surface area contributed by atoms with Gasteiger partial charge in [0.1, 0.15) is 23.2 Å². The van der Waals surface area contributed by atoms with E-state index in [0.29, 0.717) is 18.2 Å². The molecule has 1 aromatic heterocycles. The molecule has 0 saturated carbocycles. The largest absolute Gasteiger partial charge is 0.494 e. The molecule has 112 valence electrons. The first kappa shape index (κ1) is 15.1. The predicted octanol–water partition coefficient (Wildman–Crippen LogP) is 2.26. The number of nitrogen functional groups attached to an aromatic ring is 1. The highest BCUT2D eigenvalue weighted by molar-refractivity contribution is 5.56. The maximum atomic E-state index is 5.64. The summed E-state index contributed by atoms with van der Waals surface area (Å²) < 4.78 is 5.64. The third-order valence-electron chi connectivity index (χ3n) is 3.02. The average Bonchev–Trinajstić information content (AvgIpc) is 2.51. The van der Waals surface area contributed by atoms with Gasteiger partial charge >= 0.3 is 0 Å². The lowest BCUT2D eigenvalue weighted by Gasteiger charge is -2.12. The average molecular weight is 287 g/mol. The Morgan fingerprint density at radius 2 is 1.81 bits per heavy atom. The van der Waals surface area contributed by atoms with Crippen molar-refractivity contribution >= 4 is 11.6 Å². The molecule has 2 rings (SSSR count). The van der Waals surface area contributed by atoms with Crippen LogP contribution in [-0.2, 0) is 0 Å². The summed E-state index contributed by atoms with van der Waals surface area (Å²) in [6.07, 6.45) is 0.878. The zero-order valence-corrected chi connectivity index (χ0v) is 12.4. The lowest BCUT2D eigenvalue weighted by atomic mass is 10.3. The van der Waals surface area contributed by atoms with Crippen LogP contribution in [0.3, 0.4) is 0 Å². The minimum absolute atomic E-state index is 0.644. The van der Waals surface area contributed by atoms with Crippen molar-refractivity contribution in [3.63, 3.8) is 0 Å². The Bertz CT molecular complexity index is 574. The molecule has 1 aromatic carbocycles. The van der Waals surface area contributed by atoms with Gasteiger partial charge in [-0.05, 0) is 32.4 Å². The maximum Gasteiger partial charge on any atom is 0.148 e. The van der Waals surface area contributed by atoms with Crippen LogP contribution in [0.15, 0.2) is 30.3 Å². The number of hydrazine groups is 1. The summed E-state index contributed by atoms with van der Waals surface area (Å²) in [5.41, 5.74) is 3.49. The number of benzene rings is 1. The van der Waals surface area contributed by atoms with Crippen molar-refractivity contribution in [1.82, 2.24) is 9.97 Å². The summed E-state index contributed by atoms with van der Waals surface area (Å²) in [6, 6.07) is 9.79. The number of rotatable bonds is 7. The fourth-order valence-electron chi connectivity index (χ4n) is 1.93. The van der Waals surface area contributed by atoms with Gasteiger partial charge in [0.25, 0.3) is 0 Å². The number of aromatic nitrogens is 2. The van der Waals surface area contributed by atoms with E-state index in [1.165, 1.54) is 0 Å². The highest BCUT2D eigenvalue weighted by atomic mass is 16.5. The van der Waals surface area contributed by atoms with Gasteiger partial charge in [0.05, 0.1) is 6.61 Å². The minimum Gasteiger partial charge on any atom is -0.494 e. The Morgan fingerprint density at radius 1 is 1.10 bits per heavy atom. The molecule has 0 amide bonds. The second-order valence-electron chi connectivity index (χ2n) is 4.68. The van der Waals surface area contributed by atoms with E-state index in [4.69, 9.17) is 10.6 Å². The highest BCUT2D eigenvalue weighted by Gasteiger charge is 2.07. The smallest absolute Gasteiger partial charge is 0.148 e. The van der Waals surface area contributed by atoms with Crippen molar-refractivity contribution in [3.05, 3.63) is 41.7 Å². The molecule has 0 aliphatic rings. The fourth-order valence-corrected chi connectivity index (χ4v) is 1.93. The second-order valence-corrected chi connectivity index (χ2v) is 4.68. The van der Waals surface area contributed by atoms with Crippen LogP contribution in [0.4, 0.5) is 11.6 Å². The van der Waals surface area contributed by atoms with Crippen molar-refractivity contribution in [2.75, 3.05) is 23.9 Å². The van der Waals surface area contributed by atoms with Crippen LogP contribution in [0.2, 0.25) is 0 Å². The van der Waals surface area contributed by atoms with E-state index in [1.54, 1.807) is 0 Å². The summed E-state index contributed by atoms with van der Waals surface area (Å²) in [5.74, 6) is 8.45. The van der Waals surface area contributed by atoms with E-state index < -0.39 is 0 Å². The van der Waals surface area contributed by atoms with E-state index in [0.717, 1.165) is 30.1 Å². The van der Waals surface area contributed by atoms with Gasteiger partial charge in [-0.3, -0.25) is 0 Å². The number of nitrogens with zero attached hydrogens (tertiary/aromatic N) is 2. The van der Waals surface area contributed by atoms with Crippen LogP contribution >= 0.6 is 0 Å². The van der Waals surface area contributed by atoms with Gasteiger partial charge in [0.15, 0.2) is 0 Å². The molecule has 0 fully saturated rings. The third kappa shape index (κ3) is 4.32. The molecular formula is C15H21N5O. The quantitative estimate of drug-likeness (QED) is 0.411. The normalized spacial score (nSPS) is 10.2. The molecule has 2 aromatic rings. The Labute approximate surface area is 124 Å². The molecule has 0 spiro atoms. The lowest BCUT2D eigenvalue weighted by Crippen LogP contribution is -2.15. The molecule has 6 nitrogen and oxygen atoms in total. The number of nitrogens with one attached hydrogen (secondary N) is 2. The summed E-state index contributed by atoms with van der Waals surface area (Å²) in [5, 5.41) is 3.29. The van der Waals surface area contributed by atoms with Gasteiger partial charge in [-0.25, -0.2) is 15.8 Å². The van der Waals surface area contributed by atoms with Crippen molar-refractivity contribution in [2.24, 2.45) is 5.84 Å². The molecule has 0 aliphatic carbocycles. The van der Waals surface area contributed by atoms with Crippen LogP contribution < -0.4 is 21.3 Å². The van der Waals surface area contributed by atoms with Crippen LogP contribution in [0.5, 0.6) is 5.75 Å². The Kier molecular flexibility index (Phi) is 5.34. The van der Waals surface area contributed by atoms with Crippen molar-refractivity contribution in [3.8, 4) is 5.75 Å². The summed E-state index contributed by atoms with van der Waals surface area (Å²) in [4.78, 5) is 8.60. The Morgan fingerprint density at radius 3 is 2.52 bits per heavy atom. The van der Waals surface area contributed by atoms with Gasteiger partial charge < -0.3 is 15.5 Å². The molecule has 0 bridgehead atoms. The van der Waals surface area contributed by atoms with Gasteiger partial charge in [-0.1, -0.05) is 18.2 Å². The zero-order chi connectivity index (χ0) is 15.1. The van der Waals surface area contributed by atoms with Gasteiger partial charge in [-0.15, -0.1) is 0 Å². The van der Waals surface area contributed by atoms with E-state index in [2.05, 4.69) is 20.7 Å². The number of hydrogen-bond acceptors (Lipinski definition) is 6.